The van der Waals surface area contributed by atoms with Gasteiger partial charge in [-0.05, 0) is 30.2 Å². The van der Waals surface area contributed by atoms with Crippen molar-refractivity contribution in [2.75, 3.05) is 39.7 Å². The second-order valence-electron chi connectivity index (χ2n) is 7.70. The number of ether oxygens (including phenoxy) is 2. The fraction of sp³-hybridized carbons (Fsp3) is 0.375. The molecule has 0 bridgehead atoms. The van der Waals surface area contributed by atoms with Crippen LogP contribution in [0.25, 0.3) is 6.08 Å². The minimum atomic E-state index is -0.144. The third-order valence-electron chi connectivity index (χ3n) is 5.16. The van der Waals surface area contributed by atoms with E-state index in [2.05, 4.69) is 10.3 Å². The van der Waals surface area contributed by atoms with Crippen LogP contribution in [-0.4, -0.2) is 61.0 Å². The number of hydrogen-bond acceptors (Lipinski definition) is 6. The van der Waals surface area contributed by atoms with Crippen LogP contribution < -0.4 is 14.8 Å². The number of carbonyl (C=O) groups is 2. The molecular formula is C24H31ClN4O4. The van der Waals surface area contributed by atoms with E-state index >= 15 is 0 Å². The average Bonchev–Trinajstić information content (AvgIpc) is 2.93. The van der Waals surface area contributed by atoms with Crippen molar-refractivity contribution >= 4 is 36.1 Å². The number of carbonyl (C=O) groups excluding carboxylic acids is 2. The lowest BCUT2D eigenvalue weighted by molar-refractivity contribution is -0.128. The van der Waals surface area contributed by atoms with Gasteiger partial charge in [0.2, 0.25) is 11.8 Å². The number of likely N-dealkylation sites (N-methyl/N-ethyl adjacent to an activating group) is 2. The monoisotopic (exact) mass is 474 g/mol. The molecule has 2 heterocycles. The summed E-state index contributed by atoms with van der Waals surface area (Å²) in [6.45, 7) is 3.70. The predicted octanol–water partition coefficient (Wildman–Crippen LogP) is 3.36. The first kappa shape index (κ1) is 26.0. The van der Waals surface area contributed by atoms with Crippen LogP contribution in [0.3, 0.4) is 0 Å². The Kier molecular flexibility index (Phi) is 9.54. The fourth-order valence-electron chi connectivity index (χ4n) is 3.38. The average molecular weight is 475 g/mol. The number of hydrogen-bond donors (Lipinski definition) is 1. The second-order valence-corrected chi connectivity index (χ2v) is 7.70. The Balaban J connectivity index is 0.00000385. The molecule has 0 unspecified atom stereocenters. The SMILES string of the molecule is CCCOc1c(CN(C)C(=O)C=Cc2cnc3c(c2)CN(C)C(=O)CN3)cccc1OC.Cl. The van der Waals surface area contributed by atoms with Crippen molar-refractivity contribution in [2.45, 2.75) is 26.4 Å². The van der Waals surface area contributed by atoms with Crippen molar-refractivity contribution in [3.05, 3.63) is 53.2 Å². The Morgan fingerprint density at radius 2 is 2.15 bits per heavy atom. The maximum Gasteiger partial charge on any atom is 0.246 e. The fourth-order valence-corrected chi connectivity index (χ4v) is 3.38. The number of para-hydroxylation sites is 1. The van der Waals surface area contributed by atoms with Crippen LogP contribution in [0.15, 0.2) is 36.5 Å². The van der Waals surface area contributed by atoms with E-state index in [1.807, 2.05) is 31.2 Å². The van der Waals surface area contributed by atoms with E-state index in [0.717, 1.165) is 23.1 Å². The van der Waals surface area contributed by atoms with Gasteiger partial charge in [0.15, 0.2) is 11.5 Å². The van der Waals surface area contributed by atoms with Crippen molar-refractivity contribution in [1.82, 2.24) is 14.8 Å². The smallest absolute Gasteiger partial charge is 0.246 e. The number of anilines is 1. The normalized spacial score (nSPS) is 13.0. The summed E-state index contributed by atoms with van der Waals surface area (Å²) in [6, 6.07) is 7.61. The summed E-state index contributed by atoms with van der Waals surface area (Å²) in [6.07, 6.45) is 5.82. The highest BCUT2D eigenvalue weighted by Crippen LogP contribution is 2.32. The minimum absolute atomic E-state index is 0. The van der Waals surface area contributed by atoms with Gasteiger partial charge in [-0.2, -0.15) is 0 Å². The molecule has 0 radical (unpaired) electrons. The first-order chi connectivity index (χ1) is 15.4. The number of rotatable bonds is 8. The number of nitrogens with one attached hydrogen (secondary N) is 1. The molecule has 2 amide bonds. The molecule has 2 aromatic rings. The Morgan fingerprint density at radius 1 is 1.36 bits per heavy atom. The highest BCUT2D eigenvalue weighted by Gasteiger charge is 2.18. The van der Waals surface area contributed by atoms with E-state index in [0.29, 0.717) is 37.0 Å². The summed E-state index contributed by atoms with van der Waals surface area (Å²) in [4.78, 5) is 32.3. The zero-order valence-electron chi connectivity index (χ0n) is 19.5. The van der Waals surface area contributed by atoms with Crippen molar-refractivity contribution in [2.24, 2.45) is 0 Å². The van der Waals surface area contributed by atoms with Gasteiger partial charge in [-0.1, -0.05) is 19.1 Å². The van der Waals surface area contributed by atoms with Gasteiger partial charge in [0.25, 0.3) is 0 Å². The number of fused-ring (bicyclic) bond motifs is 1. The number of nitrogens with zero attached hydrogens (tertiary/aromatic N) is 3. The van der Waals surface area contributed by atoms with Gasteiger partial charge in [0.1, 0.15) is 5.82 Å². The molecule has 9 heteroatoms. The number of halogens is 1. The third-order valence-corrected chi connectivity index (χ3v) is 5.16. The van der Waals surface area contributed by atoms with Gasteiger partial charge in [0.05, 0.1) is 20.3 Å². The molecule has 0 saturated carbocycles. The first-order valence-electron chi connectivity index (χ1n) is 10.6. The molecule has 8 nitrogen and oxygen atoms in total. The van der Waals surface area contributed by atoms with Gasteiger partial charge in [-0.15, -0.1) is 12.4 Å². The summed E-state index contributed by atoms with van der Waals surface area (Å²) < 4.78 is 11.3. The van der Waals surface area contributed by atoms with Crippen molar-refractivity contribution in [3.63, 3.8) is 0 Å². The molecule has 1 aliphatic rings. The van der Waals surface area contributed by atoms with Gasteiger partial charge >= 0.3 is 0 Å². The molecule has 1 aromatic carbocycles. The quantitative estimate of drug-likeness (QED) is 0.591. The van der Waals surface area contributed by atoms with Crippen LogP contribution >= 0.6 is 12.4 Å². The Hall–Kier alpha value is -3.26. The molecule has 1 aliphatic heterocycles. The van der Waals surface area contributed by atoms with Crippen LogP contribution in [0, 0.1) is 0 Å². The van der Waals surface area contributed by atoms with Crippen LogP contribution in [0.4, 0.5) is 5.82 Å². The lowest BCUT2D eigenvalue weighted by Gasteiger charge is -2.19. The topological polar surface area (TPSA) is 84.0 Å². The summed E-state index contributed by atoms with van der Waals surface area (Å²) in [7, 11) is 5.11. The number of methoxy groups -OCH3 is 1. The van der Waals surface area contributed by atoms with E-state index in [-0.39, 0.29) is 30.8 Å². The summed E-state index contributed by atoms with van der Waals surface area (Å²) in [5.74, 6) is 1.88. The molecule has 178 valence electrons. The molecule has 0 aliphatic carbocycles. The molecule has 0 saturated heterocycles. The largest absolute Gasteiger partial charge is 0.493 e. The predicted molar refractivity (Wildman–Crippen MR) is 131 cm³/mol. The lowest BCUT2D eigenvalue weighted by atomic mass is 10.1. The Labute approximate surface area is 201 Å². The molecule has 1 N–H and O–H groups in total. The summed E-state index contributed by atoms with van der Waals surface area (Å²) in [5.41, 5.74) is 2.59. The minimum Gasteiger partial charge on any atom is -0.493 e. The second kappa shape index (κ2) is 12.1. The van der Waals surface area contributed by atoms with E-state index in [9.17, 15) is 9.59 Å². The highest BCUT2D eigenvalue weighted by atomic mass is 35.5. The number of amides is 2. The van der Waals surface area contributed by atoms with Crippen LogP contribution in [0.5, 0.6) is 11.5 Å². The van der Waals surface area contributed by atoms with Crippen LogP contribution in [0.2, 0.25) is 0 Å². The number of benzene rings is 1. The van der Waals surface area contributed by atoms with E-state index in [1.165, 1.54) is 6.08 Å². The van der Waals surface area contributed by atoms with Gasteiger partial charge < -0.3 is 24.6 Å². The van der Waals surface area contributed by atoms with Crippen LogP contribution in [0.1, 0.15) is 30.0 Å². The highest BCUT2D eigenvalue weighted by molar-refractivity contribution is 5.91. The number of aromatic nitrogens is 1. The molecule has 33 heavy (non-hydrogen) atoms. The first-order valence-corrected chi connectivity index (χ1v) is 10.6. The third kappa shape index (κ3) is 6.61. The summed E-state index contributed by atoms with van der Waals surface area (Å²) in [5, 5.41) is 3.05. The lowest BCUT2D eigenvalue weighted by Crippen LogP contribution is -2.28. The molecule has 3 rings (SSSR count). The van der Waals surface area contributed by atoms with Gasteiger partial charge in [0, 0.05) is 50.6 Å². The van der Waals surface area contributed by atoms with Crippen molar-refractivity contribution < 1.29 is 19.1 Å². The van der Waals surface area contributed by atoms with Crippen LogP contribution in [-0.2, 0) is 22.7 Å². The summed E-state index contributed by atoms with van der Waals surface area (Å²) >= 11 is 0. The van der Waals surface area contributed by atoms with E-state index in [4.69, 9.17) is 9.47 Å². The zero-order chi connectivity index (χ0) is 23.1. The van der Waals surface area contributed by atoms with Gasteiger partial charge in [-0.25, -0.2) is 4.98 Å². The molecule has 1 aromatic heterocycles. The Morgan fingerprint density at radius 3 is 2.88 bits per heavy atom. The maximum atomic E-state index is 12.7. The van der Waals surface area contributed by atoms with Crippen molar-refractivity contribution in [1.29, 1.82) is 0 Å². The molecule has 0 spiro atoms. The van der Waals surface area contributed by atoms with Gasteiger partial charge in [-0.3, -0.25) is 9.59 Å². The van der Waals surface area contributed by atoms with E-state index in [1.54, 1.807) is 43.3 Å². The van der Waals surface area contributed by atoms with E-state index < -0.39 is 0 Å². The Bertz CT molecular complexity index is 1010. The number of pyridine rings is 1. The van der Waals surface area contributed by atoms with Crippen molar-refractivity contribution in [3.8, 4) is 11.5 Å². The molecular weight excluding hydrogens is 444 g/mol. The molecule has 0 atom stereocenters. The maximum absolute atomic E-state index is 12.7. The zero-order valence-corrected chi connectivity index (χ0v) is 20.3. The standard InChI is InChI=1S/C24H30N4O4.ClH/c1-5-11-32-23-18(7-6-8-20(23)31-4)15-27(2)21(29)10-9-17-12-19-16-28(3)22(30)14-26-24(19)25-13-17;/h6-10,12-13H,5,11,14-16H2,1-4H3,(H,25,26);1H. The molecule has 0 fully saturated rings.